The van der Waals surface area contributed by atoms with E-state index in [1.165, 1.54) is 18.2 Å². The van der Waals surface area contributed by atoms with Crippen molar-refractivity contribution >= 4 is 18.5 Å². The lowest BCUT2D eigenvalue weighted by molar-refractivity contribution is 0.208. The molecule has 0 heterocycles. The second-order valence-corrected chi connectivity index (χ2v) is 1.85. The van der Waals surface area contributed by atoms with Gasteiger partial charge in [-0.05, 0) is 12.1 Å². The SMILES string of the molecule is Cl.NC(=O)Oc1ccccc1F. The molecule has 3 nitrogen and oxygen atoms in total. The van der Waals surface area contributed by atoms with Gasteiger partial charge < -0.3 is 10.5 Å². The number of carbonyl (C=O) groups is 1. The van der Waals surface area contributed by atoms with Crippen LogP contribution in [0.3, 0.4) is 0 Å². The molecule has 1 amide bonds. The molecule has 0 aliphatic heterocycles. The first-order valence-electron chi connectivity index (χ1n) is 2.92. The Morgan fingerprint density at radius 2 is 2.00 bits per heavy atom. The molecule has 0 atom stereocenters. The molecule has 2 N–H and O–H groups in total. The molecule has 66 valence electrons. The van der Waals surface area contributed by atoms with Gasteiger partial charge in [0.25, 0.3) is 0 Å². The number of primary amides is 1. The van der Waals surface area contributed by atoms with Crippen molar-refractivity contribution in [3.63, 3.8) is 0 Å². The van der Waals surface area contributed by atoms with Crippen LogP contribution in [0, 0.1) is 5.82 Å². The van der Waals surface area contributed by atoms with Gasteiger partial charge in [0.15, 0.2) is 11.6 Å². The van der Waals surface area contributed by atoms with Crippen LogP contribution in [0.5, 0.6) is 5.75 Å². The zero-order valence-electron chi connectivity index (χ0n) is 5.99. The van der Waals surface area contributed by atoms with Crippen molar-refractivity contribution in [2.24, 2.45) is 5.73 Å². The number of hydrogen-bond acceptors (Lipinski definition) is 2. The maximum Gasteiger partial charge on any atom is 0.410 e. The van der Waals surface area contributed by atoms with Crippen LogP contribution in [-0.2, 0) is 0 Å². The lowest BCUT2D eigenvalue weighted by Gasteiger charge is -1.99. The summed E-state index contributed by atoms with van der Waals surface area (Å²) in [7, 11) is 0. The van der Waals surface area contributed by atoms with Crippen molar-refractivity contribution in [3.05, 3.63) is 30.1 Å². The van der Waals surface area contributed by atoms with Gasteiger partial charge in [-0.15, -0.1) is 12.4 Å². The van der Waals surface area contributed by atoms with E-state index in [-0.39, 0.29) is 18.2 Å². The number of amides is 1. The fraction of sp³-hybridized carbons (Fsp3) is 0. The molecule has 0 radical (unpaired) electrons. The Kier molecular flexibility index (Phi) is 4.07. The molecule has 0 fully saturated rings. The third kappa shape index (κ3) is 2.75. The van der Waals surface area contributed by atoms with E-state index >= 15 is 0 Å². The average Bonchev–Trinajstić information content (AvgIpc) is 1.93. The lowest BCUT2D eigenvalue weighted by atomic mass is 10.3. The molecule has 1 aromatic carbocycles. The van der Waals surface area contributed by atoms with Gasteiger partial charge in [-0.25, -0.2) is 9.18 Å². The van der Waals surface area contributed by atoms with Crippen LogP contribution in [0.1, 0.15) is 0 Å². The van der Waals surface area contributed by atoms with Gasteiger partial charge in [0.05, 0.1) is 0 Å². The highest BCUT2D eigenvalue weighted by Crippen LogP contribution is 2.14. The second kappa shape index (κ2) is 4.56. The van der Waals surface area contributed by atoms with Gasteiger partial charge in [-0.3, -0.25) is 0 Å². The standard InChI is InChI=1S/C7H6FNO2.ClH/c8-5-3-1-2-4-6(5)11-7(9)10;/h1-4H,(H2,9,10);1H. The highest BCUT2D eigenvalue weighted by molar-refractivity contribution is 5.85. The van der Waals surface area contributed by atoms with Crippen molar-refractivity contribution in [2.45, 2.75) is 0 Å². The van der Waals surface area contributed by atoms with E-state index in [2.05, 4.69) is 10.5 Å². The predicted octanol–water partition coefficient (Wildman–Crippen LogP) is 1.71. The highest BCUT2D eigenvalue weighted by Gasteiger charge is 2.03. The lowest BCUT2D eigenvalue weighted by Crippen LogP contribution is -2.16. The van der Waals surface area contributed by atoms with E-state index in [1.807, 2.05) is 0 Å². The number of rotatable bonds is 1. The maximum atomic E-state index is 12.6. The monoisotopic (exact) mass is 191 g/mol. The highest BCUT2D eigenvalue weighted by atomic mass is 35.5. The molecule has 5 heteroatoms. The van der Waals surface area contributed by atoms with Crippen LogP contribution >= 0.6 is 12.4 Å². The Bertz CT molecular complexity index is 280. The number of ether oxygens (including phenoxy) is 1. The average molecular weight is 192 g/mol. The number of hydrogen-bond donors (Lipinski definition) is 1. The molecule has 0 spiro atoms. The zero-order chi connectivity index (χ0) is 8.27. The van der Waals surface area contributed by atoms with Crippen LogP contribution in [0.4, 0.5) is 9.18 Å². The van der Waals surface area contributed by atoms with Crippen LogP contribution in [0.25, 0.3) is 0 Å². The van der Waals surface area contributed by atoms with Gasteiger partial charge in [0.1, 0.15) is 0 Å². The van der Waals surface area contributed by atoms with Crippen LogP contribution in [0.2, 0.25) is 0 Å². The van der Waals surface area contributed by atoms with E-state index in [0.29, 0.717) is 0 Å². The van der Waals surface area contributed by atoms with Gasteiger partial charge >= 0.3 is 6.09 Å². The summed E-state index contributed by atoms with van der Waals surface area (Å²) in [5, 5.41) is 0. The van der Waals surface area contributed by atoms with Crippen LogP contribution in [0.15, 0.2) is 24.3 Å². The van der Waals surface area contributed by atoms with Crippen molar-refractivity contribution in [1.29, 1.82) is 0 Å². The van der Waals surface area contributed by atoms with Crippen molar-refractivity contribution in [3.8, 4) is 5.75 Å². The summed E-state index contributed by atoms with van der Waals surface area (Å²) >= 11 is 0. The third-order valence-corrected chi connectivity index (χ3v) is 1.05. The van der Waals surface area contributed by atoms with E-state index in [1.54, 1.807) is 6.07 Å². The van der Waals surface area contributed by atoms with Crippen LogP contribution in [-0.4, -0.2) is 6.09 Å². The van der Waals surface area contributed by atoms with E-state index in [9.17, 15) is 9.18 Å². The molecular weight excluding hydrogens is 185 g/mol. The first kappa shape index (κ1) is 10.7. The third-order valence-electron chi connectivity index (χ3n) is 1.05. The molecule has 0 aromatic heterocycles. The number of benzene rings is 1. The molecular formula is C7H7ClFNO2. The number of nitrogens with two attached hydrogens (primary N) is 1. The maximum absolute atomic E-state index is 12.6. The first-order chi connectivity index (χ1) is 5.20. The second-order valence-electron chi connectivity index (χ2n) is 1.85. The first-order valence-corrected chi connectivity index (χ1v) is 2.92. The molecule has 0 unspecified atom stereocenters. The van der Waals surface area contributed by atoms with Crippen molar-refractivity contribution in [2.75, 3.05) is 0 Å². The smallest absolute Gasteiger partial charge is 0.407 e. The summed E-state index contributed by atoms with van der Waals surface area (Å²) in [6, 6.07) is 5.53. The minimum Gasteiger partial charge on any atom is -0.407 e. The summed E-state index contributed by atoms with van der Waals surface area (Å²) in [6.07, 6.45) is -1.02. The van der Waals surface area contributed by atoms with Gasteiger partial charge in [0.2, 0.25) is 0 Å². The molecule has 0 bridgehead atoms. The van der Waals surface area contributed by atoms with Gasteiger partial charge in [-0.2, -0.15) is 0 Å². The molecule has 0 saturated heterocycles. The minimum absolute atomic E-state index is 0. The fourth-order valence-corrected chi connectivity index (χ4v) is 0.636. The van der Waals surface area contributed by atoms with Gasteiger partial charge in [0, 0.05) is 0 Å². The summed E-state index contributed by atoms with van der Waals surface area (Å²) < 4.78 is 16.9. The molecule has 0 aliphatic rings. The summed E-state index contributed by atoms with van der Waals surface area (Å²) in [5.74, 6) is -0.758. The summed E-state index contributed by atoms with van der Waals surface area (Å²) in [6.45, 7) is 0. The molecule has 0 aliphatic carbocycles. The minimum atomic E-state index is -1.02. The van der Waals surface area contributed by atoms with E-state index < -0.39 is 11.9 Å². The van der Waals surface area contributed by atoms with Crippen molar-refractivity contribution < 1.29 is 13.9 Å². The van der Waals surface area contributed by atoms with Crippen molar-refractivity contribution in [1.82, 2.24) is 0 Å². The largest absolute Gasteiger partial charge is 0.410 e. The fourth-order valence-electron chi connectivity index (χ4n) is 0.636. The molecule has 12 heavy (non-hydrogen) atoms. The van der Waals surface area contributed by atoms with Gasteiger partial charge in [-0.1, -0.05) is 12.1 Å². The van der Waals surface area contributed by atoms with E-state index in [4.69, 9.17) is 0 Å². The zero-order valence-corrected chi connectivity index (χ0v) is 6.81. The molecule has 0 saturated carbocycles. The van der Waals surface area contributed by atoms with Crippen LogP contribution < -0.4 is 10.5 Å². The predicted molar refractivity (Wildman–Crippen MR) is 43.9 cm³/mol. The number of para-hydroxylation sites is 1. The molecule has 1 aromatic rings. The Balaban J connectivity index is 0.00000121. The Hall–Kier alpha value is -1.29. The Morgan fingerprint density at radius 3 is 2.50 bits per heavy atom. The number of carbonyl (C=O) groups excluding carboxylic acids is 1. The topological polar surface area (TPSA) is 52.3 Å². The Morgan fingerprint density at radius 1 is 1.42 bits per heavy atom. The number of halogens is 2. The van der Waals surface area contributed by atoms with E-state index in [0.717, 1.165) is 0 Å². The summed E-state index contributed by atoms with van der Waals surface area (Å²) in [4.78, 5) is 10.2. The quantitative estimate of drug-likeness (QED) is 0.735. The normalized spacial score (nSPS) is 8.42. The summed E-state index contributed by atoms with van der Waals surface area (Å²) in [5.41, 5.74) is 4.67. The molecule has 1 rings (SSSR count). The Labute approximate surface area is 74.7 Å².